The Hall–Kier alpha value is -7.07. The van der Waals surface area contributed by atoms with E-state index < -0.39 is 0 Å². The van der Waals surface area contributed by atoms with Gasteiger partial charge in [0.05, 0.1) is 32.8 Å². The van der Waals surface area contributed by atoms with Gasteiger partial charge in [0.25, 0.3) is 0 Å². The number of fused-ring (bicyclic) bond motifs is 10. The van der Waals surface area contributed by atoms with Crippen molar-refractivity contribution in [2.24, 2.45) is 0 Å². The lowest BCUT2D eigenvalue weighted by atomic mass is 9.99. The van der Waals surface area contributed by atoms with Crippen LogP contribution in [-0.2, 0) is 0 Å². The second kappa shape index (κ2) is 11.5. The second-order valence-corrected chi connectivity index (χ2v) is 14.2. The number of hydrogen-bond donors (Lipinski definition) is 0. The molecule has 11 aromatic rings. The number of furan rings is 1. The Labute approximate surface area is 307 Å². The summed E-state index contributed by atoms with van der Waals surface area (Å²) in [6.07, 6.45) is 0. The minimum atomic E-state index is 0.439. The zero-order chi connectivity index (χ0) is 35.0. The van der Waals surface area contributed by atoms with E-state index in [-0.39, 0.29) is 0 Å². The van der Waals surface area contributed by atoms with Crippen molar-refractivity contribution in [3.8, 4) is 45.7 Å². The SMILES string of the molecule is N#Cc1c(-c2ccccc2)nc(-c2ccc(-n3c4ccccc4c4ccc5c6ccccc6sc5c43)c3oc4ccccc4c23)nc1-c1ccccc1. The average Bonchev–Trinajstić information content (AvgIpc) is 3.91. The minimum Gasteiger partial charge on any atom is -0.454 e. The zero-order valence-corrected chi connectivity index (χ0v) is 28.9. The van der Waals surface area contributed by atoms with Crippen LogP contribution in [-0.4, -0.2) is 14.5 Å². The lowest BCUT2D eigenvalue weighted by Gasteiger charge is -2.14. The van der Waals surface area contributed by atoms with Crippen LogP contribution in [0.3, 0.4) is 0 Å². The molecule has 0 atom stereocenters. The Kier molecular flexibility index (Phi) is 6.42. The molecule has 11 rings (SSSR count). The Morgan fingerprint density at radius 3 is 1.92 bits per heavy atom. The Morgan fingerprint density at radius 2 is 1.19 bits per heavy atom. The molecule has 5 nitrogen and oxygen atoms in total. The molecule has 0 bridgehead atoms. The summed E-state index contributed by atoms with van der Waals surface area (Å²) in [5, 5.41) is 17.3. The van der Waals surface area contributed by atoms with Gasteiger partial charge in [-0.15, -0.1) is 11.3 Å². The van der Waals surface area contributed by atoms with E-state index in [9.17, 15) is 5.26 Å². The van der Waals surface area contributed by atoms with E-state index in [1.165, 1.54) is 30.9 Å². The summed E-state index contributed by atoms with van der Waals surface area (Å²) in [7, 11) is 0. The van der Waals surface area contributed by atoms with Crippen LogP contribution in [0, 0.1) is 11.3 Å². The Bertz CT molecular complexity index is 3230. The number of nitrogens with zero attached hydrogens (tertiary/aromatic N) is 4. The predicted octanol–water partition coefficient (Wildman–Crippen LogP) is 12.7. The van der Waals surface area contributed by atoms with Crippen molar-refractivity contribution in [2.45, 2.75) is 0 Å². The molecular formula is C47H26N4OS. The molecule has 0 aliphatic carbocycles. The molecule has 7 aromatic carbocycles. The standard InChI is InChI=1S/C47H26N4OS/c48-27-36-42(28-13-3-1-4-14-28)49-47(50-43(36)29-15-5-2-6-16-29)35-25-26-38(45-41(35)34-19-8-11-21-39(34)52-45)51-37-20-10-7-17-30(37)32-23-24-33-31-18-9-12-22-40(31)53-46(33)44(32)51/h1-26H. The van der Waals surface area contributed by atoms with E-state index in [0.717, 1.165) is 55.3 Å². The number of benzene rings is 7. The monoisotopic (exact) mass is 694 g/mol. The number of thiophene rings is 1. The van der Waals surface area contributed by atoms with Crippen molar-refractivity contribution in [3.63, 3.8) is 0 Å². The van der Waals surface area contributed by atoms with E-state index in [1.54, 1.807) is 0 Å². The topological polar surface area (TPSA) is 67.6 Å². The fraction of sp³-hybridized carbons (Fsp3) is 0. The number of rotatable bonds is 4. The minimum absolute atomic E-state index is 0.439. The van der Waals surface area contributed by atoms with Crippen LogP contribution in [0.2, 0.25) is 0 Å². The van der Waals surface area contributed by atoms with E-state index in [1.807, 2.05) is 90.2 Å². The highest BCUT2D eigenvalue weighted by molar-refractivity contribution is 7.26. The predicted molar refractivity (Wildman–Crippen MR) is 218 cm³/mol. The fourth-order valence-electron chi connectivity index (χ4n) is 7.95. The third-order valence-electron chi connectivity index (χ3n) is 10.3. The fourth-order valence-corrected chi connectivity index (χ4v) is 9.20. The summed E-state index contributed by atoms with van der Waals surface area (Å²) in [6, 6.07) is 56.4. The van der Waals surface area contributed by atoms with E-state index >= 15 is 0 Å². The third kappa shape index (κ3) is 4.35. The molecule has 0 N–H and O–H groups in total. The first-order valence-electron chi connectivity index (χ1n) is 17.5. The number of para-hydroxylation sites is 2. The largest absolute Gasteiger partial charge is 0.454 e. The maximum absolute atomic E-state index is 10.6. The highest BCUT2D eigenvalue weighted by Crippen LogP contribution is 2.46. The molecule has 6 heteroatoms. The molecule has 0 saturated heterocycles. The van der Waals surface area contributed by atoms with Gasteiger partial charge < -0.3 is 8.98 Å². The Morgan fingerprint density at radius 1 is 0.566 bits per heavy atom. The van der Waals surface area contributed by atoms with Gasteiger partial charge in [-0.1, -0.05) is 127 Å². The molecule has 246 valence electrons. The molecule has 4 heterocycles. The third-order valence-corrected chi connectivity index (χ3v) is 11.5. The van der Waals surface area contributed by atoms with Crippen molar-refractivity contribution in [1.82, 2.24) is 14.5 Å². The normalized spacial score (nSPS) is 11.8. The number of aromatic nitrogens is 3. The maximum Gasteiger partial charge on any atom is 0.161 e. The summed E-state index contributed by atoms with van der Waals surface area (Å²) in [5.74, 6) is 0.527. The van der Waals surface area contributed by atoms with Crippen molar-refractivity contribution in [2.75, 3.05) is 0 Å². The molecule has 0 unspecified atom stereocenters. The number of hydrogen-bond acceptors (Lipinski definition) is 5. The second-order valence-electron chi connectivity index (χ2n) is 13.2. The molecule has 0 aliphatic heterocycles. The quantitative estimate of drug-likeness (QED) is 0.184. The molecule has 0 amide bonds. The van der Waals surface area contributed by atoms with E-state index in [0.29, 0.717) is 22.8 Å². The van der Waals surface area contributed by atoms with Gasteiger partial charge in [-0.2, -0.15) is 5.26 Å². The van der Waals surface area contributed by atoms with E-state index in [4.69, 9.17) is 14.4 Å². The highest BCUT2D eigenvalue weighted by Gasteiger charge is 2.25. The van der Waals surface area contributed by atoms with Crippen LogP contribution in [0.1, 0.15) is 5.56 Å². The summed E-state index contributed by atoms with van der Waals surface area (Å²) in [5.41, 5.74) is 8.91. The van der Waals surface area contributed by atoms with E-state index in [2.05, 4.69) is 89.5 Å². The van der Waals surface area contributed by atoms with Crippen LogP contribution in [0.15, 0.2) is 162 Å². The molecule has 0 spiro atoms. The molecule has 0 radical (unpaired) electrons. The van der Waals surface area contributed by atoms with Crippen LogP contribution in [0.5, 0.6) is 0 Å². The summed E-state index contributed by atoms with van der Waals surface area (Å²) >= 11 is 1.83. The van der Waals surface area contributed by atoms with Gasteiger partial charge >= 0.3 is 0 Å². The highest BCUT2D eigenvalue weighted by atomic mass is 32.1. The summed E-state index contributed by atoms with van der Waals surface area (Å²) < 4.78 is 11.8. The van der Waals surface area contributed by atoms with Crippen molar-refractivity contribution in [1.29, 1.82) is 5.26 Å². The molecular weight excluding hydrogens is 669 g/mol. The van der Waals surface area contributed by atoms with Gasteiger partial charge in [0.2, 0.25) is 0 Å². The maximum atomic E-state index is 10.6. The van der Waals surface area contributed by atoms with Crippen LogP contribution < -0.4 is 0 Å². The smallest absolute Gasteiger partial charge is 0.161 e. The van der Waals surface area contributed by atoms with Gasteiger partial charge in [0.15, 0.2) is 11.4 Å². The average molecular weight is 695 g/mol. The molecule has 53 heavy (non-hydrogen) atoms. The number of nitriles is 1. The Balaban J connectivity index is 1.26. The van der Waals surface area contributed by atoms with Crippen LogP contribution >= 0.6 is 11.3 Å². The first kappa shape index (κ1) is 29.6. The van der Waals surface area contributed by atoms with Crippen molar-refractivity contribution >= 4 is 75.3 Å². The first-order valence-corrected chi connectivity index (χ1v) is 18.3. The first-order chi connectivity index (χ1) is 26.3. The van der Waals surface area contributed by atoms with Crippen LogP contribution in [0.25, 0.3) is 104 Å². The van der Waals surface area contributed by atoms with Crippen molar-refractivity contribution in [3.05, 3.63) is 163 Å². The lowest BCUT2D eigenvalue weighted by molar-refractivity contribution is 0.666. The zero-order valence-electron chi connectivity index (χ0n) is 28.1. The molecule has 0 aliphatic rings. The van der Waals surface area contributed by atoms with Gasteiger partial charge in [0, 0.05) is 53.7 Å². The van der Waals surface area contributed by atoms with Crippen LogP contribution in [0.4, 0.5) is 0 Å². The summed E-state index contributed by atoms with van der Waals surface area (Å²) in [4.78, 5) is 10.4. The van der Waals surface area contributed by atoms with Gasteiger partial charge in [-0.05, 0) is 30.3 Å². The van der Waals surface area contributed by atoms with Crippen molar-refractivity contribution < 1.29 is 4.42 Å². The molecule has 4 aromatic heterocycles. The molecule has 0 saturated carbocycles. The summed E-state index contributed by atoms with van der Waals surface area (Å²) in [6.45, 7) is 0. The van der Waals surface area contributed by atoms with Gasteiger partial charge in [-0.25, -0.2) is 9.97 Å². The lowest BCUT2D eigenvalue weighted by Crippen LogP contribution is -2.02. The van der Waals surface area contributed by atoms with Gasteiger partial charge in [-0.3, -0.25) is 0 Å². The van der Waals surface area contributed by atoms with Gasteiger partial charge in [0.1, 0.15) is 17.2 Å². The molecule has 0 fully saturated rings.